The van der Waals surface area contributed by atoms with Crippen LogP contribution in [0.4, 0.5) is 0 Å². The van der Waals surface area contributed by atoms with Crippen molar-refractivity contribution in [3.05, 3.63) is 65.2 Å². The lowest BCUT2D eigenvalue weighted by atomic mass is 10.0. The number of likely N-dealkylation sites (N-methyl/N-ethyl adjacent to an activating group) is 1. The Morgan fingerprint density at radius 3 is 2.62 bits per heavy atom. The van der Waals surface area contributed by atoms with Gasteiger partial charge in [-0.2, -0.15) is 0 Å². The molecule has 2 rings (SSSR count). The van der Waals surface area contributed by atoms with E-state index >= 15 is 0 Å². The molecule has 110 valence electrons. The maximum absolute atomic E-state index is 12.3. The average Bonchev–Trinajstić information content (AvgIpc) is 2.47. The fourth-order valence-electron chi connectivity index (χ4n) is 2.35. The van der Waals surface area contributed by atoms with Crippen LogP contribution in [0.2, 0.25) is 0 Å². The second kappa shape index (κ2) is 7.04. The summed E-state index contributed by atoms with van der Waals surface area (Å²) >= 11 is 0. The molecule has 0 fully saturated rings. The molecule has 0 aliphatic heterocycles. The van der Waals surface area contributed by atoms with Crippen LogP contribution in [-0.2, 0) is 6.54 Å². The van der Waals surface area contributed by atoms with E-state index in [1.807, 2.05) is 67.4 Å². The van der Waals surface area contributed by atoms with E-state index < -0.39 is 0 Å². The zero-order chi connectivity index (χ0) is 15.2. The first-order chi connectivity index (χ1) is 10.1. The Morgan fingerprint density at radius 1 is 1.14 bits per heavy atom. The second-order valence-corrected chi connectivity index (χ2v) is 5.26. The number of hydrogen-bond acceptors (Lipinski definition) is 3. The number of methoxy groups -OCH3 is 1. The van der Waals surface area contributed by atoms with Crippen molar-refractivity contribution in [3.63, 3.8) is 0 Å². The van der Waals surface area contributed by atoms with Crippen LogP contribution in [0.5, 0.6) is 5.75 Å². The molecule has 2 aromatic carbocycles. The molecule has 0 saturated heterocycles. The van der Waals surface area contributed by atoms with Gasteiger partial charge in [-0.25, -0.2) is 0 Å². The van der Waals surface area contributed by atoms with E-state index in [9.17, 15) is 4.79 Å². The highest BCUT2D eigenvalue weighted by molar-refractivity contribution is 5.98. The van der Waals surface area contributed by atoms with E-state index in [1.165, 1.54) is 0 Å². The Labute approximate surface area is 126 Å². The first-order valence-electron chi connectivity index (χ1n) is 7.00. The van der Waals surface area contributed by atoms with Crippen molar-refractivity contribution in [1.82, 2.24) is 4.90 Å². The SMILES string of the molecule is COc1cccc(CN(C)CC(=O)c2ccccc2C)c1. The third kappa shape index (κ3) is 4.17. The lowest BCUT2D eigenvalue weighted by Crippen LogP contribution is -2.26. The lowest BCUT2D eigenvalue weighted by Gasteiger charge is -2.17. The fraction of sp³-hybridized carbons (Fsp3) is 0.278. The Bertz CT molecular complexity index is 622. The number of carbonyl (C=O) groups is 1. The van der Waals surface area contributed by atoms with Gasteiger partial charge in [0.05, 0.1) is 13.7 Å². The van der Waals surface area contributed by atoms with E-state index in [2.05, 4.69) is 0 Å². The summed E-state index contributed by atoms with van der Waals surface area (Å²) in [5.41, 5.74) is 2.96. The van der Waals surface area contributed by atoms with Crippen molar-refractivity contribution in [2.24, 2.45) is 0 Å². The van der Waals surface area contributed by atoms with Gasteiger partial charge in [-0.3, -0.25) is 9.69 Å². The second-order valence-electron chi connectivity index (χ2n) is 5.26. The Morgan fingerprint density at radius 2 is 1.90 bits per heavy atom. The highest BCUT2D eigenvalue weighted by Gasteiger charge is 2.11. The number of nitrogens with zero attached hydrogens (tertiary/aromatic N) is 1. The maximum atomic E-state index is 12.3. The molecule has 0 aliphatic carbocycles. The van der Waals surface area contributed by atoms with E-state index in [1.54, 1.807) is 7.11 Å². The van der Waals surface area contributed by atoms with Crippen LogP contribution in [0.25, 0.3) is 0 Å². The van der Waals surface area contributed by atoms with Gasteiger partial charge < -0.3 is 4.74 Å². The van der Waals surface area contributed by atoms with Crippen molar-refractivity contribution < 1.29 is 9.53 Å². The van der Waals surface area contributed by atoms with E-state index in [0.717, 1.165) is 29.0 Å². The molecular weight excluding hydrogens is 262 g/mol. The number of benzene rings is 2. The van der Waals surface area contributed by atoms with Gasteiger partial charge in [0.25, 0.3) is 0 Å². The third-order valence-corrected chi connectivity index (χ3v) is 3.45. The van der Waals surface area contributed by atoms with Crippen LogP contribution in [0.3, 0.4) is 0 Å². The van der Waals surface area contributed by atoms with Crippen molar-refractivity contribution in [3.8, 4) is 5.75 Å². The Kier molecular flexibility index (Phi) is 5.12. The van der Waals surface area contributed by atoms with Crippen LogP contribution in [0, 0.1) is 6.92 Å². The van der Waals surface area contributed by atoms with Crippen LogP contribution < -0.4 is 4.74 Å². The van der Waals surface area contributed by atoms with Crippen LogP contribution in [0.1, 0.15) is 21.5 Å². The van der Waals surface area contributed by atoms with Crippen LogP contribution in [-0.4, -0.2) is 31.4 Å². The van der Waals surface area contributed by atoms with E-state index in [0.29, 0.717) is 6.54 Å². The molecule has 3 nitrogen and oxygen atoms in total. The van der Waals surface area contributed by atoms with Crippen molar-refractivity contribution >= 4 is 5.78 Å². The molecule has 21 heavy (non-hydrogen) atoms. The number of ether oxygens (including phenoxy) is 1. The normalized spacial score (nSPS) is 10.7. The third-order valence-electron chi connectivity index (χ3n) is 3.45. The molecule has 0 bridgehead atoms. The summed E-state index contributed by atoms with van der Waals surface area (Å²) in [6.45, 7) is 3.09. The summed E-state index contributed by atoms with van der Waals surface area (Å²) in [6.07, 6.45) is 0. The Hall–Kier alpha value is -2.13. The molecule has 0 aromatic heterocycles. The average molecular weight is 283 g/mol. The molecule has 3 heteroatoms. The van der Waals surface area contributed by atoms with Gasteiger partial charge in [0.2, 0.25) is 0 Å². The number of Topliss-reactive ketones (excluding diaryl/α,β-unsaturated/α-hetero) is 1. The predicted octanol–water partition coefficient (Wildman–Crippen LogP) is 3.32. The monoisotopic (exact) mass is 283 g/mol. The minimum Gasteiger partial charge on any atom is -0.497 e. The van der Waals surface area contributed by atoms with Gasteiger partial charge in [0, 0.05) is 12.1 Å². The highest BCUT2D eigenvalue weighted by Crippen LogP contribution is 2.14. The van der Waals surface area contributed by atoms with Gasteiger partial charge in [-0.15, -0.1) is 0 Å². The van der Waals surface area contributed by atoms with Gasteiger partial charge in [0.1, 0.15) is 5.75 Å². The molecule has 0 amide bonds. The standard InChI is InChI=1S/C18H21NO2/c1-14-7-4-5-10-17(14)18(20)13-19(2)12-15-8-6-9-16(11-15)21-3/h4-11H,12-13H2,1-3H3. The molecule has 0 N–H and O–H groups in total. The summed E-state index contributed by atoms with van der Waals surface area (Å²) < 4.78 is 5.22. The fourth-order valence-corrected chi connectivity index (χ4v) is 2.35. The topological polar surface area (TPSA) is 29.5 Å². The molecule has 0 saturated carbocycles. The minimum atomic E-state index is 0.151. The molecule has 0 atom stereocenters. The summed E-state index contributed by atoms with van der Waals surface area (Å²) in [5.74, 6) is 0.990. The van der Waals surface area contributed by atoms with Crippen molar-refractivity contribution in [2.45, 2.75) is 13.5 Å². The Balaban J connectivity index is 1.99. The van der Waals surface area contributed by atoms with Crippen LogP contribution >= 0.6 is 0 Å². The van der Waals surface area contributed by atoms with Crippen molar-refractivity contribution in [2.75, 3.05) is 20.7 Å². The van der Waals surface area contributed by atoms with Gasteiger partial charge >= 0.3 is 0 Å². The predicted molar refractivity (Wildman–Crippen MR) is 84.8 cm³/mol. The quantitative estimate of drug-likeness (QED) is 0.762. The number of carbonyl (C=O) groups excluding carboxylic acids is 1. The number of rotatable bonds is 6. The molecule has 0 heterocycles. The summed E-state index contributed by atoms with van der Waals surface area (Å²) in [5, 5.41) is 0. The van der Waals surface area contributed by atoms with E-state index in [-0.39, 0.29) is 5.78 Å². The largest absolute Gasteiger partial charge is 0.497 e. The number of ketones is 1. The first kappa shape index (κ1) is 15.3. The molecule has 0 unspecified atom stereocenters. The zero-order valence-corrected chi connectivity index (χ0v) is 12.8. The molecular formula is C18H21NO2. The zero-order valence-electron chi connectivity index (χ0n) is 12.8. The van der Waals surface area contributed by atoms with Gasteiger partial charge in [-0.05, 0) is 37.2 Å². The van der Waals surface area contributed by atoms with Crippen molar-refractivity contribution in [1.29, 1.82) is 0 Å². The van der Waals surface area contributed by atoms with Gasteiger partial charge in [0.15, 0.2) is 5.78 Å². The number of aryl methyl sites for hydroxylation is 1. The summed E-state index contributed by atoms with van der Waals surface area (Å²) in [6, 6.07) is 15.6. The van der Waals surface area contributed by atoms with Crippen LogP contribution in [0.15, 0.2) is 48.5 Å². The summed E-state index contributed by atoms with van der Waals surface area (Å²) in [7, 11) is 3.61. The van der Waals surface area contributed by atoms with Gasteiger partial charge in [-0.1, -0.05) is 36.4 Å². The number of hydrogen-bond donors (Lipinski definition) is 0. The summed E-state index contributed by atoms with van der Waals surface area (Å²) in [4.78, 5) is 14.3. The molecule has 0 spiro atoms. The first-order valence-corrected chi connectivity index (χ1v) is 7.00. The minimum absolute atomic E-state index is 0.151. The molecule has 0 aliphatic rings. The smallest absolute Gasteiger partial charge is 0.177 e. The molecule has 0 radical (unpaired) electrons. The lowest BCUT2D eigenvalue weighted by molar-refractivity contribution is 0.0942. The highest BCUT2D eigenvalue weighted by atomic mass is 16.5. The maximum Gasteiger partial charge on any atom is 0.177 e. The molecule has 2 aromatic rings. The van der Waals surface area contributed by atoms with E-state index in [4.69, 9.17) is 4.74 Å².